The van der Waals surface area contributed by atoms with Gasteiger partial charge in [-0.25, -0.2) is 0 Å². The Morgan fingerprint density at radius 1 is 1.44 bits per heavy atom. The molecule has 0 spiro atoms. The standard InChI is InChI=1S/C14H18BrClN2/c1-11(2)9-18(7-3-6-17)10-12-4-5-13(15)8-14(12)16/h4-5,8,11H,3,7,9-10H2,1-2H3. The summed E-state index contributed by atoms with van der Waals surface area (Å²) < 4.78 is 0.990. The Hall–Kier alpha value is -0.560. The van der Waals surface area contributed by atoms with Crippen molar-refractivity contribution in [1.29, 1.82) is 5.26 Å². The fourth-order valence-corrected chi connectivity index (χ4v) is 2.58. The second kappa shape index (κ2) is 7.78. The average Bonchev–Trinajstić information content (AvgIpc) is 2.29. The van der Waals surface area contributed by atoms with Gasteiger partial charge in [0.05, 0.1) is 6.07 Å². The van der Waals surface area contributed by atoms with Crippen LogP contribution in [0, 0.1) is 17.2 Å². The van der Waals surface area contributed by atoms with Crippen molar-refractivity contribution < 1.29 is 0 Å². The van der Waals surface area contributed by atoms with Crippen LogP contribution in [0.25, 0.3) is 0 Å². The highest BCUT2D eigenvalue weighted by Crippen LogP contribution is 2.23. The molecule has 18 heavy (non-hydrogen) atoms. The first-order valence-corrected chi connectivity index (χ1v) is 7.23. The third-order valence-electron chi connectivity index (χ3n) is 2.57. The van der Waals surface area contributed by atoms with Crippen molar-refractivity contribution in [2.24, 2.45) is 5.92 Å². The van der Waals surface area contributed by atoms with E-state index in [1.54, 1.807) is 0 Å². The van der Waals surface area contributed by atoms with E-state index >= 15 is 0 Å². The maximum atomic E-state index is 8.70. The Bertz CT molecular complexity index is 426. The van der Waals surface area contributed by atoms with Gasteiger partial charge in [0.15, 0.2) is 0 Å². The monoisotopic (exact) mass is 328 g/mol. The Kier molecular flexibility index (Phi) is 6.70. The summed E-state index contributed by atoms with van der Waals surface area (Å²) in [5.41, 5.74) is 1.11. The van der Waals surface area contributed by atoms with E-state index in [-0.39, 0.29) is 0 Å². The first-order chi connectivity index (χ1) is 8.52. The molecule has 0 saturated heterocycles. The highest BCUT2D eigenvalue weighted by molar-refractivity contribution is 9.10. The second-order valence-corrected chi connectivity index (χ2v) is 6.10. The van der Waals surface area contributed by atoms with E-state index in [9.17, 15) is 0 Å². The molecule has 0 aliphatic carbocycles. The maximum absolute atomic E-state index is 8.70. The van der Waals surface area contributed by atoms with Gasteiger partial charge in [0.25, 0.3) is 0 Å². The van der Waals surface area contributed by atoms with E-state index in [0.717, 1.165) is 34.7 Å². The molecule has 0 fully saturated rings. The van der Waals surface area contributed by atoms with Gasteiger partial charge in [0.2, 0.25) is 0 Å². The molecule has 0 amide bonds. The summed E-state index contributed by atoms with van der Waals surface area (Å²) in [5.74, 6) is 0.581. The van der Waals surface area contributed by atoms with Crippen LogP contribution < -0.4 is 0 Å². The average molecular weight is 330 g/mol. The Morgan fingerprint density at radius 3 is 2.72 bits per heavy atom. The largest absolute Gasteiger partial charge is 0.298 e. The molecular formula is C14H18BrClN2. The zero-order chi connectivity index (χ0) is 13.5. The van der Waals surface area contributed by atoms with E-state index in [1.807, 2.05) is 18.2 Å². The summed E-state index contributed by atoms with van der Waals surface area (Å²) in [5, 5.41) is 9.47. The minimum absolute atomic E-state index is 0.556. The first-order valence-electron chi connectivity index (χ1n) is 6.06. The summed E-state index contributed by atoms with van der Waals surface area (Å²) in [7, 11) is 0. The summed E-state index contributed by atoms with van der Waals surface area (Å²) in [6.07, 6.45) is 0.556. The molecule has 0 atom stereocenters. The lowest BCUT2D eigenvalue weighted by Crippen LogP contribution is -2.28. The van der Waals surface area contributed by atoms with Gasteiger partial charge < -0.3 is 0 Å². The fraction of sp³-hybridized carbons (Fsp3) is 0.500. The SMILES string of the molecule is CC(C)CN(CCC#N)Cc1ccc(Br)cc1Cl. The molecule has 1 aromatic carbocycles. The van der Waals surface area contributed by atoms with Crippen LogP contribution in [0.5, 0.6) is 0 Å². The van der Waals surface area contributed by atoms with Crippen molar-refractivity contribution >= 4 is 27.5 Å². The molecule has 0 aromatic heterocycles. The minimum atomic E-state index is 0.556. The van der Waals surface area contributed by atoms with Crippen LogP contribution in [0.4, 0.5) is 0 Å². The van der Waals surface area contributed by atoms with Crippen molar-refractivity contribution in [3.05, 3.63) is 33.3 Å². The zero-order valence-corrected chi connectivity index (χ0v) is 13.1. The number of nitrogens with zero attached hydrogens (tertiary/aromatic N) is 2. The van der Waals surface area contributed by atoms with Crippen molar-refractivity contribution in [1.82, 2.24) is 4.90 Å². The van der Waals surface area contributed by atoms with Gasteiger partial charge in [0.1, 0.15) is 0 Å². The molecule has 0 bridgehead atoms. The molecule has 0 unspecified atom stereocenters. The summed E-state index contributed by atoms with van der Waals surface area (Å²) >= 11 is 9.63. The van der Waals surface area contributed by atoms with Gasteiger partial charge in [-0.15, -0.1) is 0 Å². The van der Waals surface area contributed by atoms with Gasteiger partial charge in [0, 0.05) is 35.6 Å². The summed E-state index contributed by atoms with van der Waals surface area (Å²) in [6.45, 7) is 6.94. The van der Waals surface area contributed by atoms with Crippen LogP contribution in [-0.2, 0) is 6.54 Å². The van der Waals surface area contributed by atoms with E-state index < -0.39 is 0 Å². The summed E-state index contributed by atoms with van der Waals surface area (Å²) in [4.78, 5) is 2.28. The molecule has 0 N–H and O–H groups in total. The third kappa shape index (κ3) is 5.39. The predicted molar refractivity (Wildman–Crippen MR) is 79.5 cm³/mol. The van der Waals surface area contributed by atoms with Gasteiger partial charge in [-0.05, 0) is 23.6 Å². The van der Waals surface area contributed by atoms with Crippen molar-refractivity contribution in [3.8, 4) is 6.07 Å². The molecule has 1 rings (SSSR count). The van der Waals surface area contributed by atoms with Gasteiger partial charge in [-0.3, -0.25) is 4.90 Å². The van der Waals surface area contributed by atoms with Crippen LogP contribution in [-0.4, -0.2) is 18.0 Å². The number of nitriles is 1. The fourth-order valence-electron chi connectivity index (χ4n) is 1.85. The molecule has 0 saturated carbocycles. The number of halogens is 2. The summed E-state index contributed by atoms with van der Waals surface area (Å²) in [6, 6.07) is 8.14. The number of rotatable bonds is 6. The molecule has 0 radical (unpaired) electrons. The van der Waals surface area contributed by atoms with E-state index in [4.69, 9.17) is 16.9 Å². The van der Waals surface area contributed by atoms with Crippen LogP contribution in [0.15, 0.2) is 22.7 Å². The Labute approximate surface area is 123 Å². The second-order valence-electron chi connectivity index (χ2n) is 4.77. The molecule has 4 heteroatoms. The zero-order valence-electron chi connectivity index (χ0n) is 10.8. The van der Waals surface area contributed by atoms with Crippen LogP contribution in [0.3, 0.4) is 0 Å². The molecule has 0 heterocycles. The van der Waals surface area contributed by atoms with Gasteiger partial charge in [-0.1, -0.05) is 47.4 Å². The quantitative estimate of drug-likeness (QED) is 0.769. The maximum Gasteiger partial charge on any atom is 0.0635 e. The smallest absolute Gasteiger partial charge is 0.0635 e. The minimum Gasteiger partial charge on any atom is -0.298 e. The van der Waals surface area contributed by atoms with Crippen LogP contribution >= 0.6 is 27.5 Å². The normalized spacial score (nSPS) is 10.9. The Morgan fingerprint density at radius 2 is 2.17 bits per heavy atom. The lowest BCUT2D eigenvalue weighted by Gasteiger charge is -2.23. The molecule has 98 valence electrons. The lowest BCUT2D eigenvalue weighted by atomic mass is 10.1. The topological polar surface area (TPSA) is 27.0 Å². The molecule has 0 aliphatic rings. The number of hydrogen-bond acceptors (Lipinski definition) is 2. The van der Waals surface area contributed by atoms with E-state index in [1.165, 1.54) is 0 Å². The Balaban J connectivity index is 2.72. The van der Waals surface area contributed by atoms with Crippen molar-refractivity contribution in [3.63, 3.8) is 0 Å². The molecular weight excluding hydrogens is 312 g/mol. The first kappa shape index (κ1) is 15.5. The van der Waals surface area contributed by atoms with Gasteiger partial charge in [-0.2, -0.15) is 5.26 Å². The predicted octanol–water partition coefficient (Wildman–Crippen LogP) is 4.47. The highest BCUT2D eigenvalue weighted by Gasteiger charge is 2.10. The lowest BCUT2D eigenvalue weighted by molar-refractivity contribution is 0.241. The molecule has 2 nitrogen and oxygen atoms in total. The van der Waals surface area contributed by atoms with Crippen LogP contribution in [0.1, 0.15) is 25.8 Å². The van der Waals surface area contributed by atoms with Crippen LogP contribution in [0.2, 0.25) is 5.02 Å². The van der Waals surface area contributed by atoms with Gasteiger partial charge >= 0.3 is 0 Å². The highest BCUT2D eigenvalue weighted by atomic mass is 79.9. The number of benzene rings is 1. The molecule has 1 aromatic rings. The van der Waals surface area contributed by atoms with E-state index in [0.29, 0.717) is 12.3 Å². The van der Waals surface area contributed by atoms with E-state index in [2.05, 4.69) is 40.7 Å². The third-order valence-corrected chi connectivity index (χ3v) is 3.42. The molecule has 0 aliphatic heterocycles. The number of hydrogen-bond donors (Lipinski definition) is 0. The van der Waals surface area contributed by atoms with Crippen molar-refractivity contribution in [2.75, 3.05) is 13.1 Å². The van der Waals surface area contributed by atoms with Crippen molar-refractivity contribution in [2.45, 2.75) is 26.8 Å².